The van der Waals surface area contributed by atoms with E-state index in [-0.39, 0.29) is 0 Å². The van der Waals surface area contributed by atoms with E-state index in [1.165, 1.54) is 0 Å². The SMILES string of the molecule is c1cnc2c(c1)nc1c(nc3cnccc32)c2nc3cnccc3c3ncccc3nc2c2nc3cccnc3c3ncccc3nc12. The van der Waals surface area contributed by atoms with E-state index in [2.05, 4.69) is 19.9 Å². The van der Waals surface area contributed by atoms with Crippen molar-refractivity contribution in [2.75, 3.05) is 0 Å². The summed E-state index contributed by atoms with van der Waals surface area (Å²) in [5.74, 6) is 0. The van der Waals surface area contributed by atoms with Crippen molar-refractivity contribution in [1.82, 2.24) is 59.8 Å². The summed E-state index contributed by atoms with van der Waals surface area (Å²) in [6.07, 6.45) is 13.8. The largest absolute Gasteiger partial charge is 0.262 e. The fourth-order valence-corrected chi connectivity index (χ4v) is 6.11. The molecule has 0 unspecified atom stereocenters. The van der Waals surface area contributed by atoms with Gasteiger partial charge >= 0.3 is 0 Å². The second-order valence-electron chi connectivity index (χ2n) is 11.0. The molecule has 1 aromatic carbocycles. The lowest BCUT2D eigenvalue weighted by atomic mass is 10.1. The minimum atomic E-state index is 0.453. The van der Waals surface area contributed by atoms with E-state index in [4.69, 9.17) is 39.9 Å². The van der Waals surface area contributed by atoms with Gasteiger partial charge in [-0.25, -0.2) is 29.9 Å². The molecular weight excluding hydrogens is 600 g/mol. The third-order valence-electron chi connectivity index (χ3n) is 8.22. The number of nitrogens with zero attached hydrogens (tertiary/aromatic N) is 12. The van der Waals surface area contributed by atoms with Crippen LogP contribution in [-0.4, -0.2) is 59.8 Å². The molecule has 0 aliphatic heterocycles. The number of fused-ring (bicyclic) bond motifs is 15. The van der Waals surface area contributed by atoms with Gasteiger partial charge in [0.15, 0.2) is 0 Å². The highest BCUT2D eigenvalue weighted by atomic mass is 14.9. The summed E-state index contributed by atoms with van der Waals surface area (Å²) in [6, 6.07) is 18.8. The van der Waals surface area contributed by atoms with Gasteiger partial charge in [0.2, 0.25) is 0 Å². The number of hydrogen-bond acceptors (Lipinski definition) is 12. The Morgan fingerprint density at radius 1 is 0.271 bits per heavy atom. The van der Waals surface area contributed by atoms with Crippen LogP contribution in [0.5, 0.6) is 0 Å². The second kappa shape index (κ2) is 10.2. The smallest absolute Gasteiger partial charge is 0.120 e. The minimum absolute atomic E-state index is 0.453. The molecule has 9 aromatic heterocycles. The van der Waals surface area contributed by atoms with Crippen molar-refractivity contribution in [1.29, 1.82) is 0 Å². The molecular formula is C36H18N12. The Labute approximate surface area is 268 Å². The van der Waals surface area contributed by atoms with Crippen LogP contribution in [0.1, 0.15) is 0 Å². The predicted molar refractivity (Wildman–Crippen MR) is 184 cm³/mol. The van der Waals surface area contributed by atoms with Gasteiger partial charge in [0.1, 0.15) is 44.1 Å². The van der Waals surface area contributed by atoms with Crippen LogP contribution in [0, 0.1) is 0 Å². The van der Waals surface area contributed by atoms with Gasteiger partial charge < -0.3 is 0 Å². The first-order chi connectivity index (χ1) is 23.8. The molecule has 0 spiro atoms. The van der Waals surface area contributed by atoms with Gasteiger partial charge in [-0.15, -0.1) is 0 Å². The van der Waals surface area contributed by atoms with Crippen LogP contribution in [0.3, 0.4) is 0 Å². The maximum Gasteiger partial charge on any atom is 0.120 e. The average molecular weight is 619 g/mol. The normalized spacial score (nSPS) is 11.8. The molecule has 48 heavy (non-hydrogen) atoms. The summed E-state index contributed by atoms with van der Waals surface area (Å²) in [6.45, 7) is 0. The fraction of sp³-hybridized carbons (Fsp3) is 0. The van der Waals surface area contributed by atoms with Crippen molar-refractivity contribution in [3.8, 4) is 0 Å². The fourth-order valence-electron chi connectivity index (χ4n) is 6.11. The molecule has 0 radical (unpaired) electrons. The van der Waals surface area contributed by atoms with E-state index in [9.17, 15) is 0 Å². The van der Waals surface area contributed by atoms with E-state index < -0.39 is 0 Å². The summed E-state index contributed by atoms with van der Waals surface area (Å²) in [4.78, 5) is 59.0. The third-order valence-corrected chi connectivity index (χ3v) is 8.22. The third kappa shape index (κ3) is 3.96. The number of benzene rings is 1. The Kier molecular flexibility index (Phi) is 5.57. The van der Waals surface area contributed by atoms with Gasteiger partial charge in [-0.1, -0.05) is 0 Å². The van der Waals surface area contributed by atoms with E-state index >= 15 is 0 Å². The molecule has 0 fully saturated rings. The van der Waals surface area contributed by atoms with E-state index in [0.717, 1.165) is 10.8 Å². The molecule has 10 aromatic rings. The monoisotopic (exact) mass is 618 g/mol. The zero-order valence-electron chi connectivity index (χ0n) is 24.8. The number of hydrogen-bond donors (Lipinski definition) is 0. The maximum absolute atomic E-state index is 5.24. The van der Waals surface area contributed by atoms with E-state index in [1.54, 1.807) is 49.6 Å². The molecule has 0 atom stereocenters. The number of rotatable bonds is 0. The molecule has 10 rings (SSSR count). The molecule has 0 saturated heterocycles. The molecule has 0 aliphatic rings. The molecule has 0 amide bonds. The Bertz CT molecular complexity index is 2530. The van der Waals surface area contributed by atoms with Crippen LogP contribution >= 0.6 is 0 Å². The highest BCUT2D eigenvalue weighted by Gasteiger charge is 2.18. The molecule has 9 heterocycles. The predicted octanol–water partition coefficient (Wildman–Crippen LogP) is 6.49. The second-order valence-corrected chi connectivity index (χ2v) is 11.0. The van der Waals surface area contributed by atoms with Gasteiger partial charge in [-0.2, -0.15) is 0 Å². The van der Waals surface area contributed by atoms with Gasteiger partial charge in [0.05, 0.1) is 56.5 Å². The summed E-state index contributed by atoms with van der Waals surface area (Å²) < 4.78 is 0. The summed E-state index contributed by atoms with van der Waals surface area (Å²) >= 11 is 0. The molecule has 0 aliphatic carbocycles. The molecule has 12 nitrogen and oxygen atoms in total. The van der Waals surface area contributed by atoms with E-state index in [0.29, 0.717) is 88.3 Å². The lowest BCUT2D eigenvalue weighted by Gasteiger charge is -2.09. The van der Waals surface area contributed by atoms with Crippen molar-refractivity contribution >= 4 is 99.0 Å². The van der Waals surface area contributed by atoms with Crippen LogP contribution in [0.25, 0.3) is 99.0 Å². The molecule has 0 N–H and O–H groups in total. The highest BCUT2D eigenvalue weighted by molar-refractivity contribution is 6.21. The first kappa shape index (κ1) is 26.2. The quantitative estimate of drug-likeness (QED) is 0.182. The Hall–Kier alpha value is -7.08. The van der Waals surface area contributed by atoms with Crippen LogP contribution in [0.15, 0.2) is 110 Å². The summed E-state index contributed by atoms with van der Waals surface area (Å²) in [5.41, 5.74) is 8.90. The highest BCUT2D eigenvalue weighted by Crippen LogP contribution is 2.33. The van der Waals surface area contributed by atoms with E-state index in [1.807, 2.05) is 60.7 Å². The van der Waals surface area contributed by atoms with Crippen molar-refractivity contribution in [2.45, 2.75) is 0 Å². The van der Waals surface area contributed by atoms with Crippen molar-refractivity contribution < 1.29 is 0 Å². The number of aromatic nitrogens is 12. The van der Waals surface area contributed by atoms with Gasteiger partial charge in [0.25, 0.3) is 0 Å². The summed E-state index contributed by atoms with van der Waals surface area (Å²) in [7, 11) is 0. The lowest BCUT2D eigenvalue weighted by molar-refractivity contribution is 1.30. The van der Waals surface area contributed by atoms with Crippen LogP contribution in [-0.2, 0) is 0 Å². The molecule has 12 heteroatoms. The van der Waals surface area contributed by atoms with Crippen molar-refractivity contribution in [3.63, 3.8) is 0 Å². The Morgan fingerprint density at radius 3 is 0.958 bits per heavy atom. The zero-order chi connectivity index (χ0) is 31.6. The first-order valence-corrected chi connectivity index (χ1v) is 15.0. The zero-order valence-corrected chi connectivity index (χ0v) is 24.8. The Balaban J connectivity index is 1.62. The van der Waals surface area contributed by atoms with Crippen molar-refractivity contribution in [3.05, 3.63) is 110 Å². The van der Waals surface area contributed by atoms with Crippen LogP contribution < -0.4 is 0 Å². The summed E-state index contributed by atoms with van der Waals surface area (Å²) in [5, 5.41) is 1.57. The van der Waals surface area contributed by atoms with Gasteiger partial charge in [0, 0.05) is 48.0 Å². The molecule has 0 bridgehead atoms. The van der Waals surface area contributed by atoms with Crippen molar-refractivity contribution in [2.24, 2.45) is 0 Å². The van der Waals surface area contributed by atoms with Crippen LogP contribution in [0.4, 0.5) is 0 Å². The maximum atomic E-state index is 5.24. The Morgan fingerprint density at radius 2 is 0.583 bits per heavy atom. The molecule has 222 valence electrons. The standard InChI is InChI=1S/C36H18N12/c1-5-21-27(39-11-1)19-9-15-37-17-25(19)47-35-33(43-21)31-32(46-24-8-4-14-42-30(24)29-23(45-31)7-3-13-41-29)34-36(35)48-26-18-38-16-10-20(26)28-22(44-34)6-2-12-40-28/h1-18H. The topological polar surface area (TPSA) is 155 Å². The molecule has 0 saturated carbocycles. The van der Waals surface area contributed by atoms with Gasteiger partial charge in [-0.05, 0) is 60.7 Å². The van der Waals surface area contributed by atoms with Gasteiger partial charge in [-0.3, -0.25) is 29.9 Å². The minimum Gasteiger partial charge on any atom is -0.262 e. The van der Waals surface area contributed by atoms with Crippen LogP contribution in [0.2, 0.25) is 0 Å². The number of pyridine rings is 6. The lowest BCUT2D eigenvalue weighted by Crippen LogP contribution is -1.97. The average Bonchev–Trinajstić information content (AvgIpc) is 3.11. The first-order valence-electron chi connectivity index (χ1n) is 15.0.